The van der Waals surface area contributed by atoms with E-state index in [2.05, 4.69) is 11.3 Å². The Morgan fingerprint density at radius 2 is 2.15 bits per heavy atom. The number of hydrogen-bond donors (Lipinski definition) is 2. The molecule has 0 aliphatic rings. The Kier molecular flexibility index (Phi) is 5.02. The number of aliphatic carboxylic acids is 1. The van der Waals surface area contributed by atoms with Crippen molar-refractivity contribution in [3.05, 3.63) is 24.4 Å². The molecule has 0 fully saturated rings. The number of carbonyl (C=O) groups is 2. The van der Waals surface area contributed by atoms with Gasteiger partial charge in [-0.25, -0.2) is 4.79 Å². The van der Waals surface area contributed by atoms with Crippen LogP contribution in [0, 0.1) is 0 Å². The van der Waals surface area contributed by atoms with Gasteiger partial charge in [-0.3, -0.25) is 4.79 Å². The molecule has 0 rings (SSSR count). The van der Waals surface area contributed by atoms with E-state index < -0.39 is 11.9 Å². The molecule has 3 N–H and O–H groups in total. The summed E-state index contributed by atoms with van der Waals surface area (Å²) in [5.74, 6) is -1.76. The summed E-state index contributed by atoms with van der Waals surface area (Å²) in [6, 6.07) is 0. The maximum absolute atomic E-state index is 10.8. The third-order valence-electron chi connectivity index (χ3n) is 1.00. The number of esters is 1. The number of carbonyl (C=O) groups excluding carboxylic acids is 1. The zero-order chi connectivity index (χ0) is 10.3. The van der Waals surface area contributed by atoms with Crippen LogP contribution in [0.25, 0.3) is 0 Å². The minimum atomic E-state index is -1.09. The highest BCUT2D eigenvalue weighted by atomic mass is 16.5. The van der Waals surface area contributed by atoms with Crippen LogP contribution in [-0.4, -0.2) is 23.7 Å². The zero-order valence-electron chi connectivity index (χ0n) is 7.03. The maximum atomic E-state index is 10.8. The molecule has 0 aromatic heterocycles. The quantitative estimate of drug-likeness (QED) is 0.358. The molecule has 0 saturated heterocycles. The largest absolute Gasteiger partial charge is 0.481 e. The van der Waals surface area contributed by atoms with Gasteiger partial charge in [0.2, 0.25) is 0 Å². The molecule has 0 bridgehead atoms. The van der Waals surface area contributed by atoms with E-state index in [0.29, 0.717) is 0 Å². The maximum Gasteiger partial charge on any atom is 0.332 e. The Morgan fingerprint density at radius 1 is 1.54 bits per heavy atom. The minimum Gasteiger partial charge on any atom is -0.481 e. The second-order valence-electron chi connectivity index (χ2n) is 2.21. The molecule has 0 aromatic carbocycles. The van der Waals surface area contributed by atoms with E-state index in [0.717, 1.165) is 6.08 Å². The van der Waals surface area contributed by atoms with E-state index >= 15 is 0 Å². The Morgan fingerprint density at radius 3 is 2.62 bits per heavy atom. The highest BCUT2D eigenvalue weighted by Crippen LogP contribution is 1.93. The predicted molar refractivity (Wildman–Crippen MR) is 45.7 cm³/mol. The molecule has 0 radical (unpaired) electrons. The molecule has 5 heteroatoms. The first-order chi connectivity index (χ1) is 6.06. The van der Waals surface area contributed by atoms with Gasteiger partial charge in [0.05, 0.1) is 6.42 Å². The third kappa shape index (κ3) is 6.61. The molecule has 0 atom stereocenters. The molecule has 5 nitrogen and oxygen atoms in total. The van der Waals surface area contributed by atoms with E-state index in [1.807, 2.05) is 0 Å². The van der Waals surface area contributed by atoms with Gasteiger partial charge >= 0.3 is 11.9 Å². The number of hydrogen-bond acceptors (Lipinski definition) is 4. The van der Waals surface area contributed by atoms with Crippen molar-refractivity contribution in [3.8, 4) is 0 Å². The number of carboxylic acids is 1. The molecule has 13 heavy (non-hydrogen) atoms. The first-order valence-corrected chi connectivity index (χ1v) is 3.51. The van der Waals surface area contributed by atoms with Crippen molar-refractivity contribution in [3.63, 3.8) is 0 Å². The van der Waals surface area contributed by atoms with Crippen molar-refractivity contribution in [2.45, 2.75) is 6.42 Å². The second kappa shape index (κ2) is 5.82. The van der Waals surface area contributed by atoms with E-state index in [4.69, 9.17) is 10.8 Å². The fourth-order valence-corrected chi connectivity index (χ4v) is 0.560. The van der Waals surface area contributed by atoms with Gasteiger partial charge in [-0.2, -0.15) is 0 Å². The summed E-state index contributed by atoms with van der Waals surface area (Å²) in [5.41, 5.74) is 5.16. The molecule has 0 saturated carbocycles. The lowest BCUT2D eigenvalue weighted by Crippen LogP contribution is -2.09. The van der Waals surface area contributed by atoms with Gasteiger partial charge in [-0.1, -0.05) is 12.7 Å². The van der Waals surface area contributed by atoms with E-state index in [1.54, 1.807) is 0 Å². The Hall–Kier alpha value is -1.78. The van der Waals surface area contributed by atoms with Crippen LogP contribution in [-0.2, 0) is 14.3 Å². The summed E-state index contributed by atoms with van der Waals surface area (Å²) in [4.78, 5) is 20.9. The van der Waals surface area contributed by atoms with E-state index in [-0.39, 0.29) is 18.7 Å². The molecule has 72 valence electrons. The Labute approximate surface area is 75.5 Å². The van der Waals surface area contributed by atoms with Crippen LogP contribution in [0.3, 0.4) is 0 Å². The normalized spacial score (nSPS) is 10.6. The second-order valence-corrected chi connectivity index (χ2v) is 2.21. The minimum absolute atomic E-state index is 0.0402. The molecular weight excluding hydrogens is 174 g/mol. The Balaban J connectivity index is 3.98. The van der Waals surface area contributed by atoms with Gasteiger partial charge in [0, 0.05) is 11.8 Å². The first kappa shape index (κ1) is 11.2. The first-order valence-electron chi connectivity index (χ1n) is 3.51. The van der Waals surface area contributed by atoms with Crippen LogP contribution in [0.4, 0.5) is 0 Å². The summed E-state index contributed by atoms with van der Waals surface area (Å²) in [6.07, 6.45) is 1.97. The van der Waals surface area contributed by atoms with Crippen LogP contribution < -0.4 is 5.73 Å². The average molecular weight is 185 g/mol. The lowest BCUT2D eigenvalue weighted by molar-refractivity contribution is -0.136. The van der Waals surface area contributed by atoms with Crippen molar-refractivity contribution in [1.82, 2.24) is 0 Å². The van der Waals surface area contributed by atoms with Gasteiger partial charge in [0.1, 0.15) is 6.61 Å². The fraction of sp³-hybridized carbons (Fsp3) is 0.250. The van der Waals surface area contributed by atoms with Gasteiger partial charge in [0.15, 0.2) is 0 Å². The number of rotatable bonds is 5. The monoisotopic (exact) mass is 185 g/mol. The molecule has 0 amide bonds. The van der Waals surface area contributed by atoms with Crippen molar-refractivity contribution < 1.29 is 19.4 Å². The SMILES string of the molecule is C=CCOC(=O)C=C(N)CC(=O)O. The zero-order valence-corrected chi connectivity index (χ0v) is 7.03. The fourth-order valence-electron chi connectivity index (χ4n) is 0.560. The molecule has 0 aliphatic heterocycles. The standard InChI is InChI=1S/C8H11NO4/c1-2-3-13-8(12)5-6(9)4-7(10)11/h2,5H,1,3-4,9H2,(H,10,11). The number of ether oxygens (including phenoxy) is 1. The van der Waals surface area contributed by atoms with Crippen molar-refractivity contribution in [1.29, 1.82) is 0 Å². The summed E-state index contributed by atoms with van der Waals surface area (Å²) in [6.45, 7) is 3.42. The van der Waals surface area contributed by atoms with Crippen LogP contribution >= 0.6 is 0 Å². The molecule has 0 heterocycles. The summed E-state index contributed by atoms with van der Waals surface area (Å²) < 4.78 is 4.54. The van der Waals surface area contributed by atoms with E-state index in [9.17, 15) is 9.59 Å². The molecular formula is C8H11NO4. The van der Waals surface area contributed by atoms with Gasteiger partial charge < -0.3 is 15.6 Å². The van der Waals surface area contributed by atoms with Gasteiger partial charge in [-0.05, 0) is 0 Å². The van der Waals surface area contributed by atoms with E-state index in [1.165, 1.54) is 6.08 Å². The van der Waals surface area contributed by atoms with Crippen molar-refractivity contribution >= 4 is 11.9 Å². The summed E-state index contributed by atoms with van der Waals surface area (Å²) in [7, 11) is 0. The van der Waals surface area contributed by atoms with Crippen molar-refractivity contribution in [2.75, 3.05) is 6.61 Å². The molecule has 0 aliphatic carbocycles. The lowest BCUT2D eigenvalue weighted by Gasteiger charge is -1.98. The summed E-state index contributed by atoms with van der Waals surface area (Å²) >= 11 is 0. The highest BCUT2D eigenvalue weighted by Gasteiger charge is 2.02. The van der Waals surface area contributed by atoms with Crippen LogP contribution in [0.15, 0.2) is 24.4 Å². The van der Waals surface area contributed by atoms with Crippen molar-refractivity contribution in [2.24, 2.45) is 5.73 Å². The smallest absolute Gasteiger partial charge is 0.332 e. The number of nitrogens with two attached hydrogens (primary N) is 1. The average Bonchev–Trinajstić information content (AvgIpc) is 1.98. The third-order valence-corrected chi connectivity index (χ3v) is 1.00. The highest BCUT2D eigenvalue weighted by molar-refractivity contribution is 5.84. The topological polar surface area (TPSA) is 89.6 Å². The van der Waals surface area contributed by atoms with Crippen LogP contribution in [0.2, 0.25) is 0 Å². The van der Waals surface area contributed by atoms with Gasteiger partial charge in [0.25, 0.3) is 0 Å². The molecule has 0 spiro atoms. The molecule has 0 unspecified atom stereocenters. The predicted octanol–water partition coefficient (Wildman–Crippen LogP) is 0.0329. The number of carboxylic acid groups (broad SMARTS) is 1. The van der Waals surface area contributed by atoms with Crippen LogP contribution in [0.5, 0.6) is 0 Å². The summed E-state index contributed by atoms with van der Waals surface area (Å²) in [5, 5.41) is 8.28. The molecule has 0 aromatic rings. The lowest BCUT2D eigenvalue weighted by atomic mass is 10.3. The van der Waals surface area contributed by atoms with Crippen LogP contribution in [0.1, 0.15) is 6.42 Å². The van der Waals surface area contributed by atoms with Gasteiger partial charge in [-0.15, -0.1) is 0 Å². The Bertz CT molecular complexity index is 245.